The maximum absolute atomic E-state index is 12.0. The van der Waals surface area contributed by atoms with E-state index in [9.17, 15) is 9.59 Å². The van der Waals surface area contributed by atoms with Gasteiger partial charge >= 0.3 is 5.97 Å². The number of carboxylic acid groups (broad SMARTS) is 1. The smallest absolute Gasteiger partial charge is 0.326 e. The van der Waals surface area contributed by atoms with Crippen LogP contribution < -0.4 is 9.47 Å². The van der Waals surface area contributed by atoms with E-state index < -0.39 is 12.0 Å². The van der Waals surface area contributed by atoms with E-state index in [0.29, 0.717) is 30.9 Å². The number of carbonyl (C=O) groups is 2. The number of amides is 1. The van der Waals surface area contributed by atoms with Crippen molar-refractivity contribution < 1.29 is 24.2 Å². The van der Waals surface area contributed by atoms with Crippen molar-refractivity contribution in [2.45, 2.75) is 18.9 Å². The molecule has 0 aromatic heterocycles. The van der Waals surface area contributed by atoms with Crippen LogP contribution in [0.3, 0.4) is 0 Å². The van der Waals surface area contributed by atoms with Crippen LogP contribution >= 0.6 is 0 Å². The van der Waals surface area contributed by atoms with Crippen molar-refractivity contribution in [3.63, 3.8) is 0 Å². The zero-order valence-electron chi connectivity index (χ0n) is 11.2. The molecule has 0 saturated carbocycles. The maximum Gasteiger partial charge on any atom is 0.326 e. The van der Waals surface area contributed by atoms with Gasteiger partial charge in [0.05, 0.1) is 7.11 Å². The fraction of sp³-hybridized carbons (Fsp3) is 0.429. The maximum atomic E-state index is 12.0. The van der Waals surface area contributed by atoms with Crippen LogP contribution in [0.2, 0.25) is 0 Å². The summed E-state index contributed by atoms with van der Waals surface area (Å²) in [4.78, 5) is 24.3. The van der Waals surface area contributed by atoms with Crippen molar-refractivity contribution in [3.05, 3.63) is 24.3 Å². The van der Waals surface area contributed by atoms with E-state index in [4.69, 9.17) is 14.6 Å². The Morgan fingerprint density at radius 1 is 1.30 bits per heavy atom. The van der Waals surface area contributed by atoms with Gasteiger partial charge in [-0.3, -0.25) is 4.79 Å². The molecule has 1 amide bonds. The molecule has 0 aliphatic carbocycles. The van der Waals surface area contributed by atoms with Crippen molar-refractivity contribution in [2.75, 3.05) is 20.3 Å². The molecule has 1 heterocycles. The number of likely N-dealkylation sites (tertiary alicyclic amines) is 1. The highest BCUT2D eigenvalue weighted by Gasteiger charge is 2.33. The topological polar surface area (TPSA) is 76.1 Å². The van der Waals surface area contributed by atoms with Crippen molar-refractivity contribution in [1.29, 1.82) is 0 Å². The fourth-order valence-electron chi connectivity index (χ4n) is 2.22. The van der Waals surface area contributed by atoms with Crippen LogP contribution in [-0.4, -0.2) is 48.2 Å². The van der Waals surface area contributed by atoms with Gasteiger partial charge in [-0.15, -0.1) is 0 Å². The number of hydrogen-bond donors (Lipinski definition) is 1. The minimum absolute atomic E-state index is 0.157. The lowest BCUT2D eigenvalue weighted by Gasteiger charge is -2.21. The SMILES string of the molecule is COc1ccc(OCC(=O)N2CCC[C@@H]2C(=O)O)cc1. The van der Waals surface area contributed by atoms with E-state index in [1.165, 1.54) is 4.90 Å². The number of carboxylic acids is 1. The highest BCUT2D eigenvalue weighted by molar-refractivity contribution is 5.85. The van der Waals surface area contributed by atoms with Gasteiger partial charge in [-0.1, -0.05) is 0 Å². The highest BCUT2D eigenvalue weighted by atomic mass is 16.5. The van der Waals surface area contributed by atoms with Crippen molar-refractivity contribution in [1.82, 2.24) is 4.90 Å². The van der Waals surface area contributed by atoms with Crippen LogP contribution in [0.25, 0.3) is 0 Å². The molecule has 6 heteroatoms. The van der Waals surface area contributed by atoms with Crippen LogP contribution in [0.4, 0.5) is 0 Å². The summed E-state index contributed by atoms with van der Waals surface area (Å²) in [7, 11) is 1.57. The lowest BCUT2D eigenvalue weighted by atomic mass is 10.2. The Kier molecular flexibility index (Phi) is 4.45. The third kappa shape index (κ3) is 3.20. The highest BCUT2D eigenvalue weighted by Crippen LogP contribution is 2.19. The molecule has 108 valence electrons. The first-order chi connectivity index (χ1) is 9.61. The first-order valence-electron chi connectivity index (χ1n) is 6.41. The number of nitrogens with zero attached hydrogens (tertiary/aromatic N) is 1. The molecule has 1 aromatic rings. The van der Waals surface area contributed by atoms with Gasteiger partial charge in [0.2, 0.25) is 0 Å². The molecule has 1 fully saturated rings. The summed E-state index contributed by atoms with van der Waals surface area (Å²) in [6.45, 7) is 0.317. The quantitative estimate of drug-likeness (QED) is 0.875. The van der Waals surface area contributed by atoms with E-state index in [-0.39, 0.29) is 12.5 Å². The summed E-state index contributed by atoms with van der Waals surface area (Å²) in [5.41, 5.74) is 0. The Bertz CT molecular complexity index is 485. The van der Waals surface area contributed by atoms with Gasteiger partial charge in [0.15, 0.2) is 6.61 Å². The number of methoxy groups -OCH3 is 1. The third-order valence-corrected chi connectivity index (χ3v) is 3.28. The molecule has 1 aliphatic heterocycles. The molecule has 2 rings (SSSR count). The molecule has 6 nitrogen and oxygen atoms in total. The van der Waals surface area contributed by atoms with Crippen LogP contribution in [0, 0.1) is 0 Å². The van der Waals surface area contributed by atoms with E-state index in [1.54, 1.807) is 31.4 Å². The normalized spacial score (nSPS) is 17.9. The minimum atomic E-state index is -0.958. The second kappa shape index (κ2) is 6.27. The number of ether oxygens (including phenoxy) is 2. The molecule has 1 N–H and O–H groups in total. The molecule has 0 unspecified atom stereocenters. The average molecular weight is 279 g/mol. The Morgan fingerprint density at radius 3 is 2.55 bits per heavy atom. The fourth-order valence-corrected chi connectivity index (χ4v) is 2.22. The number of rotatable bonds is 5. The van der Waals surface area contributed by atoms with E-state index in [0.717, 1.165) is 0 Å². The zero-order valence-corrected chi connectivity index (χ0v) is 11.2. The Hall–Kier alpha value is -2.24. The van der Waals surface area contributed by atoms with Crippen LogP contribution in [0.15, 0.2) is 24.3 Å². The van der Waals surface area contributed by atoms with Crippen LogP contribution in [0.5, 0.6) is 11.5 Å². The second-order valence-corrected chi connectivity index (χ2v) is 4.55. The second-order valence-electron chi connectivity index (χ2n) is 4.55. The van der Waals surface area contributed by atoms with Crippen molar-refractivity contribution in [2.24, 2.45) is 0 Å². The van der Waals surface area contributed by atoms with E-state index in [1.807, 2.05) is 0 Å². The first kappa shape index (κ1) is 14.2. The summed E-state index contributed by atoms with van der Waals surface area (Å²) in [5, 5.41) is 9.03. The first-order valence-corrected chi connectivity index (χ1v) is 6.41. The standard InChI is InChI=1S/C14H17NO5/c1-19-10-4-6-11(7-5-10)20-9-13(16)15-8-2-3-12(15)14(17)18/h4-7,12H,2-3,8-9H2,1H3,(H,17,18)/t12-/m1/s1. The van der Waals surface area contributed by atoms with Gasteiger partial charge in [-0.2, -0.15) is 0 Å². The van der Waals surface area contributed by atoms with Crippen molar-refractivity contribution >= 4 is 11.9 Å². The van der Waals surface area contributed by atoms with E-state index >= 15 is 0 Å². The van der Waals surface area contributed by atoms with Gasteiger partial charge in [0.25, 0.3) is 5.91 Å². The molecule has 1 saturated heterocycles. The Morgan fingerprint density at radius 2 is 1.95 bits per heavy atom. The summed E-state index contributed by atoms with van der Waals surface area (Å²) >= 11 is 0. The third-order valence-electron chi connectivity index (χ3n) is 3.28. The molecule has 1 atom stereocenters. The van der Waals surface area contributed by atoms with Gasteiger partial charge in [0.1, 0.15) is 17.5 Å². The number of carbonyl (C=O) groups excluding carboxylic acids is 1. The largest absolute Gasteiger partial charge is 0.497 e. The van der Waals surface area contributed by atoms with Crippen LogP contribution in [0.1, 0.15) is 12.8 Å². The van der Waals surface area contributed by atoms with Crippen molar-refractivity contribution in [3.8, 4) is 11.5 Å². The number of benzene rings is 1. The van der Waals surface area contributed by atoms with Gasteiger partial charge < -0.3 is 19.5 Å². The van der Waals surface area contributed by atoms with E-state index in [2.05, 4.69) is 0 Å². The lowest BCUT2D eigenvalue weighted by Crippen LogP contribution is -2.42. The summed E-state index contributed by atoms with van der Waals surface area (Å²) in [6, 6.07) is 6.14. The molecular formula is C14H17NO5. The molecular weight excluding hydrogens is 262 g/mol. The number of hydrogen-bond acceptors (Lipinski definition) is 4. The predicted octanol–water partition coefficient (Wildman–Crippen LogP) is 1.15. The summed E-state index contributed by atoms with van der Waals surface area (Å²) in [5.74, 6) is -0.00889. The molecule has 20 heavy (non-hydrogen) atoms. The Labute approximate surface area is 116 Å². The van der Waals surface area contributed by atoms with Crippen LogP contribution in [-0.2, 0) is 9.59 Å². The molecule has 0 bridgehead atoms. The zero-order chi connectivity index (χ0) is 14.5. The molecule has 0 spiro atoms. The van der Waals surface area contributed by atoms with Gasteiger partial charge in [-0.25, -0.2) is 4.79 Å². The average Bonchev–Trinajstić information content (AvgIpc) is 2.95. The minimum Gasteiger partial charge on any atom is -0.497 e. The monoisotopic (exact) mass is 279 g/mol. The number of aliphatic carboxylic acids is 1. The molecule has 0 radical (unpaired) electrons. The Balaban J connectivity index is 1.89. The molecule has 1 aromatic carbocycles. The summed E-state index contributed by atoms with van der Waals surface area (Å²) in [6.07, 6.45) is 1.22. The predicted molar refractivity (Wildman–Crippen MR) is 70.9 cm³/mol. The molecule has 1 aliphatic rings. The van der Waals surface area contributed by atoms with Gasteiger partial charge in [-0.05, 0) is 37.1 Å². The van der Waals surface area contributed by atoms with Gasteiger partial charge in [0, 0.05) is 6.54 Å². The lowest BCUT2D eigenvalue weighted by molar-refractivity contribution is -0.148. The summed E-state index contributed by atoms with van der Waals surface area (Å²) < 4.78 is 10.4.